The molecule has 2 saturated heterocycles. The lowest BCUT2D eigenvalue weighted by molar-refractivity contribution is -0.152. The zero-order valence-electron chi connectivity index (χ0n) is 14.8. The van der Waals surface area contributed by atoms with E-state index < -0.39 is 16.9 Å². The van der Waals surface area contributed by atoms with Crippen molar-refractivity contribution >= 4 is 40.8 Å². The molecule has 2 aliphatic rings. The number of ketones is 1. The average molecular weight is 402 g/mol. The number of esters is 1. The fraction of sp³-hybridized carbons (Fsp3) is 0.350. The molecule has 2 fully saturated rings. The predicted octanol–water partition coefficient (Wildman–Crippen LogP) is 3.37. The Morgan fingerprint density at radius 3 is 2.70 bits per heavy atom. The van der Waals surface area contributed by atoms with Crippen LogP contribution < -0.4 is 0 Å². The van der Waals surface area contributed by atoms with Crippen molar-refractivity contribution in [2.75, 3.05) is 12.4 Å². The number of rotatable bonds is 5. The Balaban J connectivity index is 1.48. The van der Waals surface area contributed by atoms with Crippen molar-refractivity contribution in [1.82, 2.24) is 4.90 Å². The van der Waals surface area contributed by atoms with E-state index in [1.165, 1.54) is 11.3 Å². The van der Waals surface area contributed by atoms with E-state index in [1.54, 1.807) is 22.7 Å². The van der Waals surface area contributed by atoms with Gasteiger partial charge >= 0.3 is 5.97 Å². The van der Waals surface area contributed by atoms with Crippen LogP contribution in [0, 0.1) is 6.92 Å². The molecule has 7 heteroatoms. The van der Waals surface area contributed by atoms with Crippen molar-refractivity contribution in [2.45, 2.75) is 30.7 Å². The molecule has 0 aliphatic carbocycles. The molecule has 0 unspecified atom stereocenters. The van der Waals surface area contributed by atoms with E-state index in [-0.39, 0.29) is 18.3 Å². The molecular weight excluding hydrogens is 382 g/mol. The summed E-state index contributed by atoms with van der Waals surface area (Å²) in [5.41, 5.74) is 1.03. The number of aryl methyl sites for hydroxylation is 1. The number of carbonyl (C=O) groups excluding carboxylic acids is 3. The number of benzene rings is 1. The van der Waals surface area contributed by atoms with Gasteiger partial charge in [0.05, 0.1) is 4.88 Å². The third kappa shape index (κ3) is 3.19. The molecule has 3 heterocycles. The summed E-state index contributed by atoms with van der Waals surface area (Å²) in [7, 11) is 0. The summed E-state index contributed by atoms with van der Waals surface area (Å²) in [6.07, 6.45) is 1.09. The lowest BCUT2D eigenvalue weighted by Crippen LogP contribution is -2.46. The number of thiophene rings is 1. The van der Waals surface area contributed by atoms with E-state index in [4.69, 9.17) is 4.74 Å². The lowest BCUT2D eigenvalue weighted by atomic mass is 10.0. The number of Topliss-reactive ketones (excluding diaryl/α,β-unsaturated/α-hetero) is 1. The Bertz CT molecular complexity index is 894. The van der Waals surface area contributed by atoms with Gasteiger partial charge in [-0.15, -0.1) is 23.1 Å². The summed E-state index contributed by atoms with van der Waals surface area (Å²) in [4.78, 5) is 40.2. The van der Waals surface area contributed by atoms with Crippen LogP contribution in [0.1, 0.15) is 33.0 Å². The second-order valence-corrected chi connectivity index (χ2v) is 9.27. The van der Waals surface area contributed by atoms with E-state index in [1.807, 2.05) is 43.3 Å². The van der Waals surface area contributed by atoms with Crippen LogP contribution in [0.15, 0.2) is 42.5 Å². The van der Waals surface area contributed by atoms with Gasteiger partial charge in [-0.2, -0.15) is 0 Å². The largest absolute Gasteiger partial charge is 0.456 e. The Hall–Kier alpha value is -2.12. The number of fused-ring (bicyclic) bond motifs is 1. The molecule has 1 aromatic carbocycles. The van der Waals surface area contributed by atoms with Gasteiger partial charge in [0, 0.05) is 17.1 Å². The summed E-state index contributed by atoms with van der Waals surface area (Å²) < 4.78 is 5.30. The van der Waals surface area contributed by atoms with Crippen LogP contribution in [0.5, 0.6) is 0 Å². The van der Waals surface area contributed by atoms with Gasteiger partial charge in [0.15, 0.2) is 6.61 Å². The maximum Gasteiger partial charge on any atom is 0.330 e. The van der Waals surface area contributed by atoms with Crippen molar-refractivity contribution in [3.05, 3.63) is 57.8 Å². The molecule has 4 rings (SSSR count). The molecule has 5 nitrogen and oxygen atoms in total. The summed E-state index contributed by atoms with van der Waals surface area (Å²) in [6.45, 7) is 1.63. The van der Waals surface area contributed by atoms with Crippen LogP contribution >= 0.6 is 23.1 Å². The van der Waals surface area contributed by atoms with E-state index in [2.05, 4.69) is 0 Å². The highest BCUT2D eigenvalue weighted by Crippen LogP contribution is 2.54. The number of carbonyl (C=O) groups is 3. The molecule has 1 amide bonds. The van der Waals surface area contributed by atoms with Crippen molar-refractivity contribution in [3.63, 3.8) is 0 Å². The fourth-order valence-electron chi connectivity index (χ4n) is 3.70. The van der Waals surface area contributed by atoms with Gasteiger partial charge in [-0.05, 0) is 31.0 Å². The van der Waals surface area contributed by atoms with Crippen LogP contribution in [-0.4, -0.2) is 41.0 Å². The topological polar surface area (TPSA) is 63.7 Å². The maximum atomic E-state index is 12.7. The normalized spacial score (nSPS) is 24.1. The number of thioether (sulfide) groups is 1. The van der Waals surface area contributed by atoms with E-state index in [0.29, 0.717) is 23.5 Å². The van der Waals surface area contributed by atoms with Crippen LogP contribution in [0.4, 0.5) is 0 Å². The van der Waals surface area contributed by atoms with Gasteiger partial charge in [0.1, 0.15) is 10.9 Å². The predicted molar refractivity (Wildman–Crippen MR) is 105 cm³/mol. The van der Waals surface area contributed by atoms with Gasteiger partial charge < -0.3 is 9.64 Å². The lowest BCUT2D eigenvalue weighted by Gasteiger charge is -2.33. The van der Waals surface area contributed by atoms with Crippen molar-refractivity contribution in [2.24, 2.45) is 0 Å². The standard InChI is InChI=1S/C20H19NO4S2/c1-13-7-8-17(27-13)16(22)11-25-19(24)15-12-26-20(10-9-18(23)21(15)20)14-5-3-2-4-6-14/h2-8,15H,9-12H2,1H3/t15-,20-/m0/s1. The SMILES string of the molecule is Cc1ccc(C(=O)COC(=O)[C@@H]2CS[C@]3(c4ccccc4)CCC(=O)N23)s1. The molecule has 2 aliphatic heterocycles. The van der Waals surface area contributed by atoms with Gasteiger partial charge in [0.25, 0.3) is 0 Å². The van der Waals surface area contributed by atoms with Crippen molar-refractivity contribution in [3.8, 4) is 0 Å². The number of amides is 1. The number of hydrogen-bond acceptors (Lipinski definition) is 6. The fourth-order valence-corrected chi connectivity index (χ4v) is 6.13. The van der Waals surface area contributed by atoms with E-state index >= 15 is 0 Å². The van der Waals surface area contributed by atoms with Gasteiger partial charge in [-0.1, -0.05) is 30.3 Å². The Morgan fingerprint density at radius 1 is 1.22 bits per heavy atom. The Labute approximate surface area is 165 Å². The summed E-state index contributed by atoms with van der Waals surface area (Å²) in [5, 5.41) is 0. The molecule has 0 bridgehead atoms. The maximum absolute atomic E-state index is 12.7. The minimum Gasteiger partial charge on any atom is -0.456 e. The molecule has 0 N–H and O–H groups in total. The van der Waals surface area contributed by atoms with Gasteiger partial charge in [0.2, 0.25) is 11.7 Å². The Morgan fingerprint density at radius 2 is 2.00 bits per heavy atom. The second-order valence-electron chi connectivity index (χ2n) is 6.68. The molecule has 2 aromatic rings. The second kappa shape index (κ2) is 7.13. The van der Waals surface area contributed by atoms with Gasteiger partial charge in [-0.3, -0.25) is 9.59 Å². The first-order valence-corrected chi connectivity index (χ1v) is 10.6. The average Bonchev–Trinajstić information content (AvgIpc) is 3.36. The molecule has 27 heavy (non-hydrogen) atoms. The third-order valence-electron chi connectivity index (χ3n) is 4.98. The number of hydrogen-bond donors (Lipinski definition) is 0. The zero-order chi connectivity index (χ0) is 19.0. The van der Waals surface area contributed by atoms with Crippen molar-refractivity contribution < 1.29 is 19.1 Å². The molecule has 140 valence electrons. The minimum atomic E-state index is -0.650. The monoisotopic (exact) mass is 401 g/mol. The van der Waals surface area contributed by atoms with Crippen molar-refractivity contribution in [1.29, 1.82) is 0 Å². The third-order valence-corrected chi connectivity index (χ3v) is 7.62. The van der Waals surface area contributed by atoms with Crippen LogP contribution in [0.2, 0.25) is 0 Å². The molecular formula is C20H19NO4S2. The Kier molecular flexibility index (Phi) is 4.82. The van der Waals surface area contributed by atoms with E-state index in [0.717, 1.165) is 10.4 Å². The smallest absolute Gasteiger partial charge is 0.330 e. The molecule has 2 atom stereocenters. The van der Waals surface area contributed by atoms with E-state index in [9.17, 15) is 14.4 Å². The highest BCUT2D eigenvalue weighted by atomic mass is 32.2. The first-order valence-electron chi connectivity index (χ1n) is 8.79. The van der Waals surface area contributed by atoms with Crippen LogP contribution in [0.3, 0.4) is 0 Å². The zero-order valence-corrected chi connectivity index (χ0v) is 16.5. The quantitative estimate of drug-likeness (QED) is 0.568. The number of ether oxygens (including phenoxy) is 1. The first-order chi connectivity index (χ1) is 13.0. The minimum absolute atomic E-state index is 0.0361. The molecule has 0 radical (unpaired) electrons. The first kappa shape index (κ1) is 18.3. The highest BCUT2D eigenvalue weighted by Gasteiger charge is 2.57. The summed E-state index contributed by atoms with van der Waals surface area (Å²) >= 11 is 2.99. The molecule has 1 aromatic heterocycles. The van der Waals surface area contributed by atoms with Crippen LogP contribution in [-0.2, 0) is 19.2 Å². The van der Waals surface area contributed by atoms with Gasteiger partial charge in [-0.25, -0.2) is 4.79 Å². The highest BCUT2D eigenvalue weighted by molar-refractivity contribution is 8.00. The molecule has 0 saturated carbocycles. The number of nitrogens with zero attached hydrogens (tertiary/aromatic N) is 1. The molecule has 0 spiro atoms. The summed E-state index contributed by atoms with van der Waals surface area (Å²) in [5.74, 6) is -0.274. The van der Waals surface area contributed by atoms with Crippen LogP contribution in [0.25, 0.3) is 0 Å². The summed E-state index contributed by atoms with van der Waals surface area (Å²) in [6, 6.07) is 12.8.